The topological polar surface area (TPSA) is 8.17 Å². The van der Waals surface area contributed by atoms with E-state index in [1.165, 1.54) is 34.3 Å². The fourth-order valence-electron chi connectivity index (χ4n) is 3.66. The van der Waals surface area contributed by atoms with Gasteiger partial charge in [-0.2, -0.15) is 0 Å². The van der Waals surface area contributed by atoms with Crippen LogP contribution in [-0.4, -0.2) is 23.1 Å². The zero-order valence-electron chi connectivity index (χ0n) is 14.8. The van der Waals surface area contributed by atoms with Crippen molar-refractivity contribution in [1.82, 2.24) is 9.47 Å². The Hall–Kier alpha value is -2.57. The SMILES string of the molecule is Cc1ccc2c(c1)c1c(n2C#Cc2ccc(F)cc2)C(C)N(C)CC1. The van der Waals surface area contributed by atoms with Gasteiger partial charge in [-0.05, 0) is 75.2 Å². The maximum Gasteiger partial charge on any atom is 0.123 e. The van der Waals surface area contributed by atoms with E-state index >= 15 is 0 Å². The Morgan fingerprint density at radius 2 is 1.88 bits per heavy atom. The number of halogens is 1. The highest BCUT2D eigenvalue weighted by atomic mass is 19.1. The van der Waals surface area contributed by atoms with Crippen molar-refractivity contribution in [2.24, 2.45) is 0 Å². The van der Waals surface area contributed by atoms with Crippen LogP contribution in [0.5, 0.6) is 0 Å². The first kappa shape index (κ1) is 15.9. The third kappa shape index (κ3) is 2.73. The third-order valence-electron chi connectivity index (χ3n) is 5.20. The van der Waals surface area contributed by atoms with E-state index in [2.05, 4.69) is 60.5 Å². The van der Waals surface area contributed by atoms with Gasteiger partial charge in [0.2, 0.25) is 0 Å². The highest BCUT2D eigenvalue weighted by molar-refractivity contribution is 5.87. The second-order valence-corrected chi connectivity index (χ2v) is 6.87. The average molecular weight is 332 g/mol. The molecule has 1 aromatic heterocycles. The second kappa shape index (κ2) is 6.06. The molecule has 1 aliphatic rings. The van der Waals surface area contributed by atoms with Crippen LogP contribution in [0.2, 0.25) is 0 Å². The normalized spacial score (nSPS) is 17.2. The minimum Gasteiger partial charge on any atom is -0.298 e. The molecule has 0 saturated heterocycles. The second-order valence-electron chi connectivity index (χ2n) is 6.87. The van der Waals surface area contributed by atoms with Crippen molar-refractivity contribution in [3.05, 3.63) is 70.7 Å². The van der Waals surface area contributed by atoms with Gasteiger partial charge in [0.25, 0.3) is 0 Å². The quantitative estimate of drug-likeness (QED) is 0.551. The van der Waals surface area contributed by atoms with E-state index in [1.807, 2.05) is 0 Å². The lowest BCUT2D eigenvalue weighted by Gasteiger charge is -2.30. The lowest BCUT2D eigenvalue weighted by molar-refractivity contribution is 0.242. The summed E-state index contributed by atoms with van der Waals surface area (Å²) in [4.78, 5) is 2.37. The number of rotatable bonds is 0. The average Bonchev–Trinajstić information content (AvgIpc) is 2.91. The van der Waals surface area contributed by atoms with Crippen molar-refractivity contribution in [2.45, 2.75) is 26.3 Å². The van der Waals surface area contributed by atoms with Gasteiger partial charge in [-0.3, -0.25) is 9.47 Å². The number of benzene rings is 2. The molecule has 1 unspecified atom stereocenters. The summed E-state index contributed by atoms with van der Waals surface area (Å²) in [7, 11) is 2.16. The summed E-state index contributed by atoms with van der Waals surface area (Å²) in [6.07, 6.45) is 1.04. The van der Waals surface area contributed by atoms with Gasteiger partial charge in [-0.25, -0.2) is 4.39 Å². The molecule has 3 heteroatoms. The zero-order chi connectivity index (χ0) is 17.6. The van der Waals surface area contributed by atoms with Gasteiger partial charge in [0, 0.05) is 29.6 Å². The Balaban J connectivity index is 1.92. The number of nitrogens with zero attached hydrogens (tertiary/aromatic N) is 2. The molecular formula is C22H21FN2. The molecule has 2 aromatic carbocycles. The molecular weight excluding hydrogens is 311 g/mol. The van der Waals surface area contributed by atoms with Crippen LogP contribution >= 0.6 is 0 Å². The lowest BCUT2D eigenvalue weighted by Crippen LogP contribution is -2.31. The van der Waals surface area contributed by atoms with Gasteiger partial charge in [0.1, 0.15) is 5.82 Å². The molecule has 2 nitrogen and oxygen atoms in total. The van der Waals surface area contributed by atoms with E-state index in [0.29, 0.717) is 6.04 Å². The maximum absolute atomic E-state index is 13.1. The number of fused-ring (bicyclic) bond motifs is 3. The van der Waals surface area contributed by atoms with Crippen LogP contribution in [0.3, 0.4) is 0 Å². The van der Waals surface area contributed by atoms with Crippen molar-refractivity contribution in [1.29, 1.82) is 0 Å². The summed E-state index contributed by atoms with van der Waals surface area (Å²) in [5, 5.41) is 1.31. The molecule has 0 fully saturated rings. The van der Waals surface area contributed by atoms with Crippen molar-refractivity contribution in [3.63, 3.8) is 0 Å². The summed E-state index contributed by atoms with van der Waals surface area (Å²) in [5.74, 6) is 2.96. The molecule has 2 heterocycles. The molecule has 0 radical (unpaired) electrons. The number of hydrogen-bond donors (Lipinski definition) is 0. The highest BCUT2D eigenvalue weighted by Gasteiger charge is 2.27. The van der Waals surface area contributed by atoms with Gasteiger partial charge >= 0.3 is 0 Å². The van der Waals surface area contributed by atoms with Crippen LogP contribution in [0.25, 0.3) is 10.9 Å². The Bertz CT molecular complexity index is 1000. The summed E-state index contributed by atoms with van der Waals surface area (Å²) >= 11 is 0. The van der Waals surface area contributed by atoms with E-state index < -0.39 is 0 Å². The van der Waals surface area contributed by atoms with Gasteiger partial charge < -0.3 is 0 Å². The molecule has 1 aliphatic heterocycles. The predicted molar refractivity (Wildman–Crippen MR) is 100 cm³/mol. The number of hydrogen-bond acceptors (Lipinski definition) is 1. The first-order valence-corrected chi connectivity index (χ1v) is 8.66. The fraction of sp³-hybridized carbons (Fsp3) is 0.273. The first-order valence-electron chi connectivity index (χ1n) is 8.66. The van der Waals surface area contributed by atoms with E-state index in [4.69, 9.17) is 0 Å². The Morgan fingerprint density at radius 3 is 2.64 bits per heavy atom. The molecule has 0 saturated carbocycles. The fourth-order valence-corrected chi connectivity index (χ4v) is 3.66. The molecule has 0 aliphatic carbocycles. The molecule has 0 N–H and O–H groups in total. The van der Waals surface area contributed by atoms with E-state index in [-0.39, 0.29) is 5.82 Å². The molecule has 1 atom stereocenters. The van der Waals surface area contributed by atoms with Crippen molar-refractivity contribution < 1.29 is 4.39 Å². The monoisotopic (exact) mass is 332 g/mol. The molecule has 3 aromatic rings. The van der Waals surface area contributed by atoms with Gasteiger partial charge in [-0.1, -0.05) is 11.6 Å². The summed E-state index contributed by atoms with van der Waals surface area (Å²) < 4.78 is 15.2. The molecule has 126 valence electrons. The lowest BCUT2D eigenvalue weighted by atomic mass is 9.98. The molecule has 25 heavy (non-hydrogen) atoms. The third-order valence-corrected chi connectivity index (χ3v) is 5.20. The van der Waals surface area contributed by atoms with Crippen LogP contribution in [0.4, 0.5) is 4.39 Å². The number of likely N-dealkylation sites (N-methyl/N-ethyl adjacent to an activating group) is 1. The highest BCUT2D eigenvalue weighted by Crippen LogP contribution is 2.36. The number of aromatic nitrogens is 1. The minimum absolute atomic E-state index is 0.236. The molecule has 0 spiro atoms. The van der Waals surface area contributed by atoms with Crippen LogP contribution in [0.15, 0.2) is 42.5 Å². The van der Waals surface area contributed by atoms with Gasteiger partial charge in [-0.15, -0.1) is 0 Å². The summed E-state index contributed by atoms with van der Waals surface area (Å²) in [6, 6.07) is 16.6. The van der Waals surface area contributed by atoms with E-state index in [0.717, 1.165) is 24.0 Å². The minimum atomic E-state index is -0.236. The Labute approximate surface area is 147 Å². The zero-order valence-corrected chi connectivity index (χ0v) is 14.8. The van der Waals surface area contributed by atoms with Gasteiger partial charge in [0.15, 0.2) is 0 Å². The molecule has 0 bridgehead atoms. The largest absolute Gasteiger partial charge is 0.298 e. The van der Waals surface area contributed by atoms with Crippen molar-refractivity contribution in [3.8, 4) is 12.0 Å². The van der Waals surface area contributed by atoms with Crippen LogP contribution in [-0.2, 0) is 6.42 Å². The van der Waals surface area contributed by atoms with Crippen LogP contribution in [0.1, 0.15) is 35.3 Å². The van der Waals surface area contributed by atoms with Crippen molar-refractivity contribution in [2.75, 3.05) is 13.6 Å². The summed E-state index contributed by atoms with van der Waals surface area (Å²) in [6.45, 7) is 5.43. The molecule has 0 amide bonds. The Kier molecular flexibility index (Phi) is 3.86. The standard InChI is InChI=1S/C22H21FN2/c1-15-4-9-21-20(14-15)19-11-12-24(3)16(2)22(19)25(21)13-10-17-5-7-18(23)8-6-17/h4-9,14,16H,11-12H2,1-3H3. The van der Waals surface area contributed by atoms with Crippen LogP contribution in [0, 0.1) is 24.7 Å². The predicted octanol–water partition coefficient (Wildman–Crippen LogP) is 4.50. The smallest absolute Gasteiger partial charge is 0.123 e. The summed E-state index contributed by atoms with van der Waals surface area (Å²) in [5.41, 5.74) is 5.94. The maximum atomic E-state index is 13.1. The van der Waals surface area contributed by atoms with Gasteiger partial charge in [0.05, 0.1) is 11.2 Å². The molecule has 4 rings (SSSR count). The van der Waals surface area contributed by atoms with Crippen LogP contribution < -0.4 is 0 Å². The van der Waals surface area contributed by atoms with Crippen molar-refractivity contribution >= 4 is 10.9 Å². The van der Waals surface area contributed by atoms with E-state index in [1.54, 1.807) is 12.1 Å². The first-order chi connectivity index (χ1) is 12.0. The number of aryl methyl sites for hydroxylation is 1. The Morgan fingerprint density at radius 1 is 1.12 bits per heavy atom. The van der Waals surface area contributed by atoms with E-state index in [9.17, 15) is 4.39 Å².